The Morgan fingerprint density at radius 1 is 1.21 bits per heavy atom. The van der Waals surface area contributed by atoms with Crippen LogP contribution in [0.25, 0.3) is 0 Å². The Morgan fingerprint density at radius 3 is 2.45 bits per heavy atom. The molecule has 0 spiro atoms. The highest BCUT2D eigenvalue weighted by Crippen LogP contribution is 2.33. The number of piperazine rings is 1. The van der Waals surface area contributed by atoms with Crippen LogP contribution in [0, 0.1) is 0 Å². The van der Waals surface area contributed by atoms with Crippen LogP contribution in [0.4, 0.5) is 13.2 Å². The van der Waals surface area contributed by atoms with Gasteiger partial charge in [-0.15, -0.1) is 0 Å². The van der Waals surface area contributed by atoms with Crippen LogP contribution in [-0.4, -0.2) is 63.5 Å². The van der Waals surface area contributed by atoms with Crippen LogP contribution < -0.4 is 0 Å². The number of carbonyl (C=O) groups excluding carboxylic acids is 2. The van der Waals surface area contributed by atoms with Crippen LogP contribution in [0.3, 0.4) is 0 Å². The van der Waals surface area contributed by atoms with Gasteiger partial charge in [-0.3, -0.25) is 14.5 Å². The lowest BCUT2D eigenvalue weighted by Gasteiger charge is -2.52. The minimum Gasteiger partial charge on any atom is -0.374 e. The van der Waals surface area contributed by atoms with E-state index in [9.17, 15) is 27.9 Å². The molecule has 2 aliphatic rings. The first-order valence-corrected chi connectivity index (χ1v) is 9.86. The summed E-state index contributed by atoms with van der Waals surface area (Å²) in [5, 5.41) is 10.9. The highest BCUT2D eigenvalue weighted by Gasteiger charge is 2.47. The van der Waals surface area contributed by atoms with Crippen molar-refractivity contribution in [1.82, 2.24) is 14.7 Å². The zero-order chi connectivity index (χ0) is 21.3. The molecule has 6 nitrogen and oxygen atoms in total. The molecule has 2 heterocycles. The second kappa shape index (κ2) is 8.31. The number of carbonyl (C=O) groups is 2. The van der Waals surface area contributed by atoms with E-state index in [1.165, 1.54) is 17.0 Å². The van der Waals surface area contributed by atoms with Crippen molar-refractivity contribution in [2.24, 2.45) is 0 Å². The summed E-state index contributed by atoms with van der Waals surface area (Å²) in [6.07, 6.45) is -4.24. The fourth-order valence-corrected chi connectivity index (χ4v) is 4.04. The maximum Gasteiger partial charge on any atom is 0.416 e. The molecule has 9 heteroatoms. The van der Waals surface area contributed by atoms with Gasteiger partial charge in [-0.2, -0.15) is 13.2 Å². The summed E-state index contributed by atoms with van der Waals surface area (Å²) in [7, 11) is 0. The number of alkyl halides is 3. The van der Waals surface area contributed by atoms with E-state index in [1.54, 1.807) is 16.7 Å². The summed E-state index contributed by atoms with van der Waals surface area (Å²) in [5.41, 5.74) is -0.469. The number of amides is 2. The van der Waals surface area contributed by atoms with Crippen LogP contribution in [-0.2, 0) is 15.8 Å². The van der Waals surface area contributed by atoms with E-state index in [0.717, 1.165) is 25.0 Å². The van der Waals surface area contributed by atoms with Crippen molar-refractivity contribution in [3.05, 3.63) is 35.4 Å². The van der Waals surface area contributed by atoms with Crippen molar-refractivity contribution in [3.8, 4) is 0 Å². The average molecular weight is 413 g/mol. The van der Waals surface area contributed by atoms with Gasteiger partial charge < -0.3 is 14.9 Å². The molecule has 1 aromatic rings. The lowest BCUT2D eigenvalue weighted by molar-refractivity contribution is -0.181. The number of aliphatic hydroxyl groups excluding tert-OH is 1. The maximum absolute atomic E-state index is 12.8. The zero-order valence-electron chi connectivity index (χ0n) is 16.5. The van der Waals surface area contributed by atoms with Crippen LogP contribution in [0.2, 0.25) is 0 Å². The highest BCUT2D eigenvalue weighted by atomic mass is 19.4. The zero-order valence-corrected chi connectivity index (χ0v) is 16.5. The summed E-state index contributed by atoms with van der Waals surface area (Å²) in [4.78, 5) is 30.0. The van der Waals surface area contributed by atoms with Crippen LogP contribution >= 0.6 is 0 Å². The Labute approximate surface area is 167 Å². The lowest BCUT2D eigenvalue weighted by Crippen LogP contribution is -2.70. The first-order chi connectivity index (χ1) is 13.6. The highest BCUT2D eigenvalue weighted by molar-refractivity contribution is 5.89. The molecule has 0 saturated carbocycles. The third kappa shape index (κ3) is 4.25. The fraction of sp³-hybridized carbons (Fsp3) is 0.600. The number of hydrogen-bond donors (Lipinski definition) is 1. The first kappa shape index (κ1) is 21.6. The van der Waals surface area contributed by atoms with Crippen molar-refractivity contribution in [2.45, 2.75) is 57.7 Å². The number of halogens is 3. The monoisotopic (exact) mass is 413 g/mol. The number of unbranched alkanes of at least 4 members (excludes halogenated alkanes) is 1. The third-order valence-corrected chi connectivity index (χ3v) is 5.68. The molecule has 29 heavy (non-hydrogen) atoms. The molecule has 2 aliphatic heterocycles. The molecule has 3 atom stereocenters. The molecule has 3 rings (SSSR count). The van der Waals surface area contributed by atoms with Crippen molar-refractivity contribution in [1.29, 1.82) is 0 Å². The Morgan fingerprint density at radius 2 is 1.86 bits per heavy atom. The summed E-state index contributed by atoms with van der Waals surface area (Å²) >= 11 is 0. The Balaban J connectivity index is 1.84. The molecule has 160 valence electrons. The fourth-order valence-electron chi connectivity index (χ4n) is 4.04. The van der Waals surface area contributed by atoms with Gasteiger partial charge in [0.25, 0.3) is 0 Å². The number of benzene rings is 1. The number of aliphatic hydroxyl groups is 1. The topological polar surface area (TPSA) is 64.1 Å². The van der Waals surface area contributed by atoms with Crippen molar-refractivity contribution in [2.75, 3.05) is 19.6 Å². The quantitative estimate of drug-likeness (QED) is 0.806. The molecule has 0 aliphatic carbocycles. The summed E-state index contributed by atoms with van der Waals surface area (Å²) in [6, 6.07) is 3.74. The van der Waals surface area contributed by atoms with Gasteiger partial charge in [-0.25, -0.2) is 0 Å². The molecule has 2 fully saturated rings. The number of nitrogens with zero attached hydrogens (tertiary/aromatic N) is 3. The van der Waals surface area contributed by atoms with E-state index in [2.05, 4.69) is 0 Å². The molecular formula is C20H26F3N3O3. The minimum atomic E-state index is -4.45. The van der Waals surface area contributed by atoms with E-state index in [-0.39, 0.29) is 31.3 Å². The molecule has 2 saturated heterocycles. The van der Waals surface area contributed by atoms with Gasteiger partial charge in [0.15, 0.2) is 0 Å². The molecule has 0 radical (unpaired) electrons. The van der Waals surface area contributed by atoms with Crippen LogP contribution in [0.15, 0.2) is 24.3 Å². The number of hydrogen-bond acceptors (Lipinski definition) is 4. The molecule has 1 aromatic carbocycles. The van der Waals surface area contributed by atoms with E-state index in [1.807, 2.05) is 6.92 Å². The van der Waals surface area contributed by atoms with Gasteiger partial charge >= 0.3 is 6.18 Å². The Bertz CT molecular complexity index is 754. The molecule has 2 amide bonds. The summed E-state index contributed by atoms with van der Waals surface area (Å²) < 4.78 is 38.4. The average Bonchev–Trinajstić information content (AvgIpc) is 2.68. The Kier molecular flexibility index (Phi) is 6.19. The number of rotatable bonds is 5. The molecule has 0 aromatic heterocycles. The number of fused-ring (bicyclic) bond motifs is 1. The second-order valence-corrected chi connectivity index (χ2v) is 7.58. The molecule has 0 bridgehead atoms. The second-order valence-electron chi connectivity index (χ2n) is 7.58. The van der Waals surface area contributed by atoms with Crippen LogP contribution in [0.1, 0.15) is 50.5 Å². The molecule has 1 N–H and O–H groups in total. The van der Waals surface area contributed by atoms with Gasteiger partial charge in [0.05, 0.1) is 12.1 Å². The van der Waals surface area contributed by atoms with E-state index < -0.39 is 30.2 Å². The lowest BCUT2D eigenvalue weighted by atomic mass is 10.0. The van der Waals surface area contributed by atoms with Crippen molar-refractivity contribution in [3.63, 3.8) is 0 Å². The smallest absolute Gasteiger partial charge is 0.374 e. The van der Waals surface area contributed by atoms with E-state index in [0.29, 0.717) is 12.1 Å². The third-order valence-electron chi connectivity index (χ3n) is 5.68. The van der Waals surface area contributed by atoms with Gasteiger partial charge in [0, 0.05) is 19.5 Å². The molecular weight excluding hydrogens is 387 g/mol. The first-order valence-electron chi connectivity index (χ1n) is 9.86. The summed E-state index contributed by atoms with van der Waals surface area (Å²) in [6.45, 7) is 4.81. The largest absolute Gasteiger partial charge is 0.416 e. The summed E-state index contributed by atoms with van der Waals surface area (Å²) in [5.74, 6) is -0.268. The molecule has 3 unspecified atom stereocenters. The van der Waals surface area contributed by atoms with Crippen molar-refractivity contribution >= 4 is 11.8 Å². The van der Waals surface area contributed by atoms with Crippen LogP contribution in [0.5, 0.6) is 0 Å². The SMILES string of the molecule is CCCCN1CC2N(C(O)c3ccc(C(F)(F)F)cc3)CCC(=O)N2C(C)C1=O. The van der Waals surface area contributed by atoms with Gasteiger partial charge in [0.1, 0.15) is 18.4 Å². The van der Waals surface area contributed by atoms with Gasteiger partial charge in [0.2, 0.25) is 11.8 Å². The van der Waals surface area contributed by atoms with E-state index >= 15 is 0 Å². The predicted octanol–water partition coefficient (Wildman–Crippen LogP) is 2.59. The van der Waals surface area contributed by atoms with E-state index in [4.69, 9.17) is 0 Å². The Hall–Kier alpha value is -2.13. The predicted molar refractivity (Wildman–Crippen MR) is 99.3 cm³/mol. The normalized spacial score (nSPS) is 24.6. The van der Waals surface area contributed by atoms with Crippen molar-refractivity contribution < 1.29 is 27.9 Å². The minimum absolute atomic E-state index is 0.117. The van der Waals surface area contributed by atoms with Gasteiger partial charge in [-0.05, 0) is 31.0 Å². The van der Waals surface area contributed by atoms with Gasteiger partial charge in [-0.1, -0.05) is 25.5 Å². The standard InChI is InChI=1S/C20H26F3N3O3/c1-3-4-10-24-12-16-25(11-9-17(27)26(16)13(2)18(24)28)19(29)14-5-7-15(8-6-14)20(21,22)23/h5-8,13,16,19,29H,3-4,9-12H2,1-2H3. The maximum atomic E-state index is 12.8.